The Morgan fingerprint density at radius 1 is 1.33 bits per heavy atom. The maximum Gasteiger partial charge on any atom is 0.474 e. The molecule has 0 fully saturated rings. The molecule has 0 N–H and O–H groups in total. The third-order valence-electron chi connectivity index (χ3n) is 1.40. The number of ether oxygens (including phenoxy) is 1. The molecule has 15 heavy (non-hydrogen) atoms. The van der Waals surface area contributed by atoms with Gasteiger partial charge in [-0.2, -0.15) is 0 Å². The van der Waals surface area contributed by atoms with Gasteiger partial charge in [-0.15, -0.1) is 0 Å². The lowest BCUT2D eigenvalue weighted by Crippen LogP contribution is -2.05. The van der Waals surface area contributed by atoms with Gasteiger partial charge in [0, 0.05) is 26.7 Å². The topological polar surface area (TPSA) is 71.1 Å². The highest BCUT2D eigenvalue weighted by atomic mass is 31.2. The van der Waals surface area contributed by atoms with Crippen LogP contribution in [0.1, 0.15) is 6.42 Å². The van der Waals surface area contributed by atoms with Crippen LogP contribution in [-0.2, 0) is 27.7 Å². The van der Waals surface area contributed by atoms with Gasteiger partial charge in [0.05, 0.1) is 13.2 Å². The van der Waals surface area contributed by atoms with Crippen molar-refractivity contribution in [2.45, 2.75) is 6.42 Å². The van der Waals surface area contributed by atoms with Gasteiger partial charge < -0.3 is 4.74 Å². The molecule has 0 aliphatic heterocycles. The number of carbonyl (C=O) groups excluding carboxylic acids is 1. The molecule has 0 atom stereocenters. The molecule has 0 heterocycles. The number of phosphoric acid groups is 1. The molecule has 0 rings (SSSR count). The maximum absolute atomic E-state index is 11.3. The standard InChI is InChI=1S/C8H15O6P/c1-4-8(9)13-6-5-7-14-15(10,11-2)12-3/h4H,1,5-7H2,2-3H3. The van der Waals surface area contributed by atoms with Gasteiger partial charge in [-0.1, -0.05) is 6.58 Å². The first-order chi connectivity index (χ1) is 7.08. The first kappa shape index (κ1) is 14.3. The second-order valence-corrected chi connectivity index (χ2v) is 4.25. The second kappa shape index (κ2) is 7.59. The van der Waals surface area contributed by atoms with Crippen molar-refractivity contribution < 1.29 is 27.7 Å². The van der Waals surface area contributed by atoms with Crippen molar-refractivity contribution in [3.05, 3.63) is 12.7 Å². The third kappa shape index (κ3) is 6.41. The van der Waals surface area contributed by atoms with Crippen LogP contribution in [0.15, 0.2) is 12.7 Å². The molecule has 0 saturated carbocycles. The van der Waals surface area contributed by atoms with Gasteiger partial charge >= 0.3 is 13.8 Å². The molecule has 0 bridgehead atoms. The van der Waals surface area contributed by atoms with Crippen LogP contribution in [0.2, 0.25) is 0 Å². The summed E-state index contributed by atoms with van der Waals surface area (Å²) in [6, 6.07) is 0. The Labute approximate surface area is 88.8 Å². The quantitative estimate of drug-likeness (QED) is 0.276. The summed E-state index contributed by atoms with van der Waals surface area (Å²) in [6.07, 6.45) is 1.46. The SMILES string of the molecule is C=CC(=O)OCCCOP(=O)(OC)OC. The van der Waals surface area contributed by atoms with E-state index in [1.54, 1.807) is 0 Å². The Bertz CT molecular complexity index is 244. The lowest BCUT2D eigenvalue weighted by atomic mass is 10.5. The lowest BCUT2D eigenvalue weighted by molar-refractivity contribution is -0.137. The third-order valence-corrected chi connectivity index (χ3v) is 2.79. The van der Waals surface area contributed by atoms with Crippen molar-refractivity contribution in [1.82, 2.24) is 0 Å². The summed E-state index contributed by atoms with van der Waals surface area (Å²) < 4.78 is 29.9. The van der Waals surface area contributed by atoms with Crippen LogP contribution in [0.3, 0.4) is 0 Å². The summed E-state index contributed by atoms with van der Waals surface area (Å²) in [5.74, 6) is -0.503. The van der Waals surface area contributed by atoms with Gasteiger partial charge in [-0.25, -0.2) is 9.36 Å². The van der Waals surface area contributed by atoms with Crippen LogP contribution in [0.4, 0.5) is 0 Å². The molecular weight excluding hydrogens is 223 g/mol. The van der Waals surface area contributed by atoms with Gasteiger partial charge in [0.1, 0.15) is 0 Å². The van der Waals surface area contributed by atoms with Gasteiger partial charge in [0.25, 0.3) is 0 Å². The fourth-order valence-corrected chi connectivity index (χ4v) is 1.36. The number of hydrogen-bond acceptors (Lipinski definition) is 6. The van der Waals surface area contributed by atoms with Gasteiger partial charge in [0.15, 0.2) is 0 Å². The van der Waals surface area contributed by atoms with Gasteiger partial charge in [0.2, 0.25) is 0 Å². The van der Waals surface area contributed by atoms with Crippen molar-refractivity contribution in [2.75, 3.05) is 27.4 Å². The Balaban J connectivity index is 3.58. The number of carbonyl (C=O) groups is 1. The van der Waals surface area contributed by atoms with E-state index in [1.165, 1.54) is 14.2 Å². The molecule has 0 spiro atoms. The normalized spacial score (nSPS) is 11.1. The number of rotatable bonds is 8. The number of phosphoric ester groups is 1. The van der Waals surface area contributed by atoms with Gasteiger partial charge in [-0.3, -0.25) is 13.6 Å². The molecule has 0 aromatic heterocycles. The molecule has 0 aromatic carbocycles. The van der Waals surface area contributed by atoms with E-state index in [2.05, 4.69) is 20.4 Å². The smallest absolute Gasteiger partial charge is 0.462 e. The van der Waals surface area contributed by atoms with Crippen molar-refractivity contribution >= 4 is 13.8 Å². The number of esters is 1. The summed E-state index contributed by atoms with van der Waals surface area (Å²) in [7, 11) is -0.964. The lowest BCUT2D eigenvalue weighted by Gasteiger charge is -2.12. The predicted octanol–water partition coefficient (Wildman–Crippen LogP) is 1.52. The minimum Gasteiger partial charge on any atom is -0.462 e. The molecule has 7 heteroatoms. The Kier molecular flexibility index (Phi) is 7.25. The van der Waals surface area contributed by atoms with E-state index in [4.69, 9.17) is 4.52 Å². The molecule has 0 aliphatic carbocycles. The average molecular weight is 238 g/mol. The molecule has 6 nitrogen and oxygen atoms in total. The monoisotopic (exact) mass is 238 g/mol. The largest absolute Gasteiger partial charge is 0.474 e. The van der Waals surface area contributed by atoms with E-state index >= 15 is 0 Å². The van der Waals surface area contributed by atoms with Crippen LogP contribution in [-0.4, -0.2) is 33.4 Å². The average Bonchev–Trinajstić information content (AvgIpc) is 2.27. The fraction of sp³-hybridized carbons (Fsp3) is 0.625. The number of hydrogen-bond donors (Lipinski definition) is 0. The molecule has 0 radical (unpaired) electrons. The second-order valence-electron chi connectivity index (χ2n) is 2.37. The van der Waals surface area contributed by atoms with Gasteiger partial charge in [-0.05, 0) is 0 Å². The summed E-state index contributed by atoms with van der Waals surface area (Å²) in [4.78, 5) is 10.6. The van der Waals surface area contributed by atoms with Crippen molar-refractivity contribution in [1.29, 1.82) is 0 Å². The molecule has 88 valence electrons. The van der Waals surface area contributed by atoms with Crippen molar-refractivity contribution in [2.24, 2.45) is 0 Å². The van der Waals surface area contributed by atoms with E-state index < -0.39 is 13.8 Å². The fourth-order valence-electron chi connectivity index (χ4n) is 0.647. The Hall–Kier alpha value is -0.680. The Morgan fingerprint density at radius 2 is 1.93 bits per heavy atom. The molecule has 0 unspecified atom stereocenters. The van der Waals surface area contributed by atoms with E-state index in [9.17, 15) is 9.36 Å². The first-order valence-electron chi connectivity index (χ1n) is 4.23. The molecule has 0 amide bonds. The maximum atomic E-state index is 11.3. The molecule has 0 aliphatic rings. The van der Waals surface area contributed by atoms with Crippen LogP contribution in [0.25, 0.3) is 0 Å². The highest BCUT2D eigenvalue weighted by molar-refractivity contribution is 7.48. The van der Waals surface area contributed by atoms with E-state index in [1.807, 2.05) is 0 Å². The van der Waals surface area contributed by atoms with E-state index in [-0.39, 0.29) is 13.2 Å². The zero-order valence-corrected chi connectivity index (χ0v) is 9.70. The summed E-state index contributed by atoms with van der Waals surface area (Å²) in [5.41, 5.74) is 0. The first-order valence-corrected chi connectivity index (χ1v) is 5.69. The minimum atomic E-state index is -3.41. The van der Waals surface area contributed by atoms with E-state index in [0.717, 1.165) is 6.08 Å². The van der Waals surface area contributed by atoms with Crippen molar-refractivity contribution in [3.63, 3.8) is 0 Å². The molecule has 0 saturated heterocycles. The van der Waals surface area contributed by atoms with Crippen LogP contribution in [0.5, 0.6) is 0 Å². The van der Waals surface area contributed by atoms with E-state index in [0.29, 0.717) is 6.42 Å². The highest BCUT2D eigenvalue weighted by Crippen LogP contribution is 2.47. The van der Waals surface area contributed by atoms with Crippen LogP contribution < -0.4 is 0 Å². The predicted molar refractivity (Wildman–Crippen MR) is 53.3 cm³/mol. The summed E-state index contributed by atoms with van der Waals surface area (Å²) in [5, 5.41) is 0. The highest BCUT2D eigenvalue weighted by Gasteiger charge is 2.21. The minimum absolute atomic E-state index is 0.114. The summed E-state index contributed by atoms with van der Waals surface area (Å²) >= 11 is 0. The van der Waals surface area contributed by atoms with Crippen molar-refractivity contribution in [3.8, 4) is 0 Å². The zero-order valence-electron chi connectivity index (χ0n) is 8.80. The molecular formula is C8H15O6P. The van der Waals surface area contributed by atoms with Crippen LogP contribution >= 0.6 is 7.82 Å². The summed E-state index contributed by atoms with van der Waals surface area (Å²) in [6.45, 7) is 3.51. The molecule has 0 aromatic rings. The Morgan fingerprint density at radius 3 is 2.40 bits per heavy atom. The zero-order chi connectivity index (χ0) is 11.7. The van der Waals surface area contributed by atoms with Crippen LogP contribution in [0, 0.1) is 0 Å².